The molecule has 4 N–H and O–H groups in total. The van der Waals surface area contributed by atoms with E-state index in [0.717, 1.165) is 51.4 Å². The summed E-state index contributed by atoms with van der Waals surface area (Å²) in [6.45, 7) is 4.43. The fourth-order valence-corrected chi connectivity index (χ4v) is 5.91. The van der Waals surface area contributed by atoms with E-state index in [9.17, 15) is 28.0 Å². The number of allylic oxidation sites excluding steroid dienone is 2. The third kappa shape index (κ3) is 27.6. The highest BCUT2D eigenvalue weighted by Crippen LogP contribution is 2.15. The molecule has 0 bridgehead atoms. The first kappa shape index (κ1) is 40.0. The van der Waals surface area contributed by atoms with Crippen LogP contribution in [0.3, 0.4) is 0 Å². The third-order valence-electron chi connectivity index (χ3n) is 7.83. The fraction of sp³-hybridized carbons (Fsp3) is 0.909. The number of aliphatic hydroxyl groups excluding tert-OH is 2. The number of hydrogen-bond donors (Lipinski definition) is 4. The smallest absolute Gasteiger partial charge is 0.266 e. The summed E-state index contributed by atoms with van der Waals surface area (Å²) in [5.41, 5.74) is 0. The molecule has 8 heteroatoms. The van der Waals surface area contributed by atoms with Crippen LogP contribution in [0.1, 0.15) is 168 Å². The molecule has 0 fully saturated rings. The van der Waals surface area contributed by atoms with Gasteiger partial charge in [0.15, 0.2) is 0 Å². The van der Waals surface area contributed by atoms with Crippen LogP contribution in [0.5, 0.6) is 0 Å². The lowest BCUT2D eigenvalue weighted by molar-refractivity contribution is -0.131. The van der Waals surface area contributed by atoms with Crippen LogP contribution in [0.15, 0.2) is 12.2 Å². The monoisotopic (exact) mass is 603 g/mol. The Morgan fingerprint density at radius 3 is 1.54 bits per heavy atom. The standard InChI is InChI=1S/C33H65NO6S/c1-3-5-7-9-11-13-15-16-17-18-20-21-23-25-27-31(35)30(29-41(38,39)40)34-33(37)32(36)28-26-24-22-19-14-12-10-8-6-4-2/h10,12,30-32,35-36H,3-9,11,13-29H2,1-2H3,(H,34,37)(H,38,39,40)/b12-10-. The van der Waals surface area contributed by atoms with Crippen molar-refractivity contribution in [2.45, 2.75) is 186 Å². The summed E-state index contributed by atoms with van der Waals surface area (Å²) in [6.07, 6.45) is 28.0. The van der Waals surface area contributed by atoms with Gasteiger partial charge in [-0.05, 0) is 32.1 Å². The summed E-state index contributed by atoms with van der Waals surface area (Å²) in [4.78, 5) is 12.5. The first-order valence-corrected chi connectivity index (χ1v) is 18.6. The van der Waals surface area contributed by atoms with Crippen molar-refractivity contribution < 1.29 is 28.0 Å². The first-order chi connectivity index (χ1) is 19.7. The molecule has 0 saturated carbocycles. The lowest BCUT2D eigenvalue weighted by atomic mass is 10.0. The molecule has 0 spiro atoms. The molecule has 7 nitrogen and oxygen atoms in total. The van der Waals surface area contributed by atoms with Crippen molar-refractivity contribution in [3.8, 4) is 0 Å². The molecule has 244 valence electrons. The van der Waals surface area contributed by atoms with Crippen molar-refractivity contribution in [3.05, 3.63) is 12.2 Å². The van der Waals surface area contributed by atoms with Crippen molar-refractivity contribution in [2.24, 2.45) is 0 Å². The highest BCUT2D eigenvalue weighted by molar-refractivity contribution is 7.85. The molecule has 0 heterocycles. The summed E-state index contributed by atoms with van der Waals surface area (Å²) in [6, 6.07) is -1.14. The van der Waals surface area contributed by atoms with E-state index < -0.39 is 40.0 Å². The van der Waals surface area contributed by atoms with Gasteiger partial charge in [-0.1, -0.05) is 148 Å². The molecule has 0 aromatic heterocycles. The number of nitrogens with one attached hydrogen (secondary N) is 1. The molecule has 0 aromatic carbocycles. The molecule has 0 aromatic rings. The zero-order chi connectivity index (χ0) is 30.6. The molecule has 1 amide bonds. The first-order valence-electron chi connectivity index (χ1n) is 17.0. The maximum absolute atomic E-state index is 12.5. The summed E-state index contributed by atoms with van der Waals surface area (Å²) < 4.78 is 32.3. The minimum Gasteiger partial charge on any atom is -0.391 e. The Hall–Kier alpha value is -0.960. The summed E-state index contributed by atoms with van der Waals surface area (Å²) in [5, 5.41) is 23.3. The molecule has 0 aliphatic heterocycles. The van der Waals surface area contributed by atoms with Gasteiger partial charge in [-0.3, -0.25) is 9.35 Å². The second kappa shape index (κ2) is 27.8. The molecule has 41 heavy (non-hydrogen) atoms. The van der Waals surface area contributed by atoms with Crippen LogP contribution >= 0.6 is 0 Å². The third-order valence-corrected chi connectivity index (χ3v) is 8.61. The quantitative estimate of drug-likeness (QED) is 0.0374. The maximum Gasteiger partial charge on any atom is 0.266 e. The molecular weight excluding hydrogens is 538 g/mol. The van der Waals surface area contributed by atoms with Gasteiger partial charge in [-0.15, -0.1) is 0 Å². The van der Waals surface area contributed by atoms with Crippen LogP contribution < -0.4 is 5.32 Å². The molecule has 0 aliphatic rings. The number of carbonyl (C=O) groups excluding carboxylic acids is 1. The van der Waals surface area contributed by atoms with Crippen LogP contribution in [0.25, 0.3) is 0 Å². The predicted molar refractivity (Wildman–Crippen MR) is 172 cm³/mol. The SMILES string of the molecule is CCCC/C=C\CCCCCCC(O)C(=O)NC(CS(=O)(=O)O)C(O)CCCCCCCCCCCCCCCC. The van der Waals surface area contributed by atoms with Crippen molar-refractivity contribution in [2.75, 3.05) is 5.75 Å². The number of hydrogen-bond acceptors (Lipinski definition) is 5. The van der Waals surface area contributed by atoms with Gasteiger partial charge in [-0.25, -0.2) is 0 Å². The van der Waals surface area contributed by atoms with Crippen LogP contribution in [-0.4, -0.2) is 53.1 Å². The molecule has 0 aliphatic carbocycles. The summed E-state index contributed by atoms with van der Waals surface area (Å²) >= 11 is 0. The van der Waals surface area contributed by atoms with Crippen LogP contribution in [0, 0.1) is 0 Å². The van der Waals surface area contributed by atoms with E-state index in [0.29, 0.717) is 19.3 Å². The second-order valence-electron chi connectivity index (χ2n) is 11.9. The van der Waals surface area contributed by atoms with Crippen molar-refractivity contribution in [3.63, 3.8) is 0 Å². The van der Waals surface area contributed by atoms with Crippen LogP contribution in [-0.2, 0) is 14.9 Å². The zero-order valence-corrected chi connectivity index (χ0v) is 27.4. The molecule has 0 rings (SSSR count). The minimum atomic E-state index is -4.40. The molecular formula is C33H65NO6S. The Balaban J connectivity index is 4.11. The molecule has 0 radical (unpaired) electrons. The van der Waals surface area contributed by atoms with E-state index in [4.69, 9.17) is 0 Å². The van der Waals surface area contributed by atoms with E-state index in [1.807, 2.05) is 0 Å². The Bertz CT molecular complexity index is 727. The number of unbranched alkanes of at least 4 members (excludes halogenated alkanes) is 19. The van der Waals surface area contributed by atoms with Crippen LogP contribution in [0.4, 0.5) is 0 Å². The van der Waals surface area contributed by atoms with Gasteiger partial charge in [0.05, 0.1) is 17.9 Å². The van der Waals surface area contributed by atoms with E-state index in [2.05, 4.69) is 31.3 Å². The number of amides is 1. The van der Waals surface area contributed by atoms with Gasteiger partial charge in [0, 0.05) is 0 Å². The molecule has 3 unspecified atom stereocenters. The van der Waals surface area contributed by atoms with E-state index in [1.165, 1.54) is 77.0 Å². The Morgan fingerprint density at radius 1 is 0.634 bits per heavy atom. The number of aliphatic hydroxyl groups is 2. The zero-order valence-electron chi connectivity index (χ0n) is 26.5. The average Bonchev–Trinajstić information content (AvgIpc) is 2.92. The van der Waals surface area contributed by atoms with Gasteiger partial charge in [0.2, 0.25) is 5.91 Å². The van der Waals surface area contributed by atoms with Crippen molar-refractivity contribution in [1.29, 1.82) is 0 Å². The summed E-state index contributed by atoms with van der Waals surface area (Å²) in [5.74, 6) is -1.46. The Morgan fingerprint density at radius 2 is 1.05 bits per heavy atom. The van der Waals surface area contributed by atoms with Gasteiger partial charge >= 0.3 is 0 Å². The highest BCUT2D eigenvalue weighted by atomic mass is 32.2. The average molecular weight is 604 g/mol. The lowest BCUT2D eigenvalue weighted by Gasteiger charge is -2.24. The topological polar surface area (TPSA) is 124 Å². The minimum absolute atomic E-state index is 0.284. The van der Waals surface area contributed by atoms with Gasteiger partial charge < -0.3 is 15.5 Å². The lowest BCUT2D eigenvalue weighted by Crippen LogP contribution is -2.50. The fourth-order valence-electron chi connectivity index (χ4n) is 5.15. The van der Waals surface area contributed by atoms with Gasteiger partial charge in [-0.2, -0.15) is 8.42 Å². The molecule has 0 saturated heterocycles. The van der Waals surface area contributed by atoms with Gasteiger partial charge in [0.1, 0.15) is 6.10 Å². The normalized spacial score (nSPS) is 14.4. The van der Waals surface area contributed by atoms with E-state index >= 15 is 0 Å². The maximum atomic E-state index is 12.5. The highest BCUT2D eigenvalue weighted by Gasteiger charge is 2.28. The number of carbonyl (C=O) groups is 1. The van der Waals surface area contributed by atoms with Gasteiger partial charge in [0.25, 0.3) is 10.1 Å². The van der Waals surface area contributed by atoms with E-state index in [1.54, 1.807) is 0 Å². The Kier molecular flexibility index (Phi) is 27.2. The predicted octanol–water partition coefficient (Wildman–Crippen LogP) is 8.04. The van der Waals surface area contributed by atoms with E-state index in [-0.39, 0.29) is 6.42 Å². The molecule has 3 atom stereocenters. The number of rotatable bonds is 30. The summed E-state index contributed by atoms with van der Waals surface area (Å²) in [7, 11) is -4.40. The van der Waals surface area contributed by atoms with Crippen molar-refractivity contribution in [1.82, 2.24) is 5.32 Å². The Labute approximate surface area is 253 Å². The van der Waals surface area contributed by atoms with Crippen LogP contribution in [0.2, 0.25) is 0 Å². The van der Waals surface area contributed by atoms with Crippen molar-refractivity contribution >= 4 is 16.0 Å². The largest absolute Gasteiger partial charge is 0.391 e. The second-order valence-corrected chi connectivity index (χ2v) is 13.4.